The Morgan fingerprint density at radius 1 is 1.28 bits per heavy atom. The summed E-state index contributed by atoms with van der Waals surface area (Å²) in [6, 6.07) is 4.90. The first-order valence-electron chi connectivity index (χ1n) is 5.51. The maximum absolute atomic E-state index is 12.9. The number of ether oxygens (including phenoxy) is 1. The Morgan fingerprint density at radius 2 is 2.06 bits per heavy atom. The van der Waals surface area contributed by atoms with Crippen LogP contribution in [0.2, 0.25) is 0 Å². The topological polar surface area (TPSA) is 67.4 Å². The van der Waals surface area contributed by atoms with Gasteiger partial charge in [0.25, 0.3) is 0 Å². The highest BCUT2D eigenvalue weighted by Gasteiger charge is 2.13. The Kier molecular flexibility index (Phi) is 6.20. The van der Waals surface area contributed by atoms with Crippen LogP contribution in [-0.4, -0.2) is 41.8 Å². The Balaban J connectivity index is 2.41. The minimum Gasteiger partial charge on any atom is -0.383 e. The highest BCUT2D eigenvalue weighted by molar-refractivity contribution is 7.89. The molecule has 0 aliphatic rings. The lowest BCUT2D eigenvalue weighted by atomic mass is 10.4. The van der Waals surface area contributed by atoms with E-state index in [4.69, 9.17) is 4.74 Å². The molecule has 0 saturated heterocycles. The zero-order valence-electron chi connectivity index (χ0n) is 10.1. The minimum atomic E-state index is -3.64. The van der Waals surface area contributed by atoms with Crippen molar-refractivity contribution in [3.63, 3.8) is 0 Å². The van der Waals surface area contributed by atoms with E-state index < -0.39 is 15.8 Å². The van der Waals surface area contributed by atoms with Crippen molar-refractivity contribution in [1.82, 2.24) is 10.0 Å². The van der Waals surface area contributed by atoms with E-state index in [0.717, 1.165) is 6.07 Å². The maximum Gasteiger partial charge on any atom is 0.240 e. The van der Waals surface area contributed by atoms with Crippen molar-refractivity contribution < 1.29 is 17.5 Å². The van der Waals surface area contributed by atoms with Gasteiger partial charge in [-0.2, -0.15) is 0 Å². The number of rotatable bonds is 8. The van der Waals surface area contributed by atoms with Crippen LogP contribution in [0.15, 0.2) is 29.2 Å². The van der Waals surface area contributed by atoms with Crippen LogP contribution in [0.25, 0.3) is 0 Å². The molecule has 0 saturated carbocycles. The molecule has 18 heavy (non-hydrogen) atoms. The molecule has 0 fully saturated rings. The Labute approximate surface area is 106 Å². The van der Waals surface area contributed by atoms with Crippen LogP contribution in [0.3, 0.4) is 0 Å². The lowest BCUT2D eigenvalue weighted by molar-refractivity contribution is 0.199. The second-order valence-corrected chi connectivity index (χ2v) is 5.36. The molecule has 0 aromatic heterocycles. The molecule has 0 unspecified atom stereocenters. The molecular formula is C11H17FN2O3S. The van der Waals surface area contributed by atoms with Gasteiger partial charge in [-0.1, -0.05) is 6.07 Å². The fourth-order valence-electron chi connectivity index (χ4n) is 1.29. The highest BCUT2D eigenvalue weighted by Crippen LogP contribution is 2.09. The summed E-state index contributed by atoms with van der Waals surface area (Å²) in [6.07, 6.45) is 0. The van der Waals surface area contributed by atoms with Gasteiger partial charge in [0.2, 0.25) is 10.0 Å². The lowest BCUT2D eigenvalue weighted by Gasteiger charge is -2.07. The fraction of sp³-hybridized carbons (Fsp3) is 0.455. The summed E-state index contributed by atoms with van der Waals surface area (Å²) in [7, 11) is -2.05. The molecule has 102 valence electrons. The van der Waals surface area contributed by atoms with E-state index in [1.54, 1.807) is 7.11 Å². The van der Waals surface area contributed by atoms with E-state index in [0.29, 0.717) is 19.7 Å². The molecular weight excluding hydrogens is 259 g/mol. The molecule has 7 heteroatoms. The summed E-state index contributed by atoms with van der Waals surface area (Å²) in [6.45, 7) is 1.94. The Bertz CT molecular complexity index is 465. The summed E-state index contributed by atoms with van der Waals surface area (Å²) >= 11 is 0. The molecule has 1 rings (SSSR count). The fourth-order valence-corrected chi connectivity index (χ4v) is 2.35. The number of nitrogens with one attached hydrogen (secondary N) is 2. The summed E-state index contributed by atoms with van der Waals surface area (Å²) in [5, 5.41) is 3.00. The zero-order chi connectivity index (χ0) is 13.4. The standard InChI is InChI=1S/C11H17FN2O3S/c1-17-8-7-13-5-6-14-18(15,16)11-4-2-3-10(12)9-11/h2-4,9,13-14H,5-8H2,1H3. The number of hydrogen-bond acceptors (Lipinski definition) is 4. The maximum atomic E-state index is 12.9. The predicted octanol–water partition coefficient (Wildman–Crippen LogP) is 0.340. The van der Waals surface area contributed by atoms with E-state index in [1.165, 1.54) is 18.2 Å². The molecule has 5 nitrogen and oxygen atoms in total. The van der Waals surface area contributed by atoms with Crippen molar-refractivity contribution >= 4 is 10.0 Å². The second kappa shape index (κ2) is 7.42. The number of methoxy groups -OCH3 is 1. The first kappa shape index (κ1) is 15.0. The van der Waals surface area contributed by atoms with Crippen LogP contribution >= 0.6 is 0 Å². The highest BCUT2D eigenvalue weighted by atomic mass is 32.2. The second-order valence-electron chi connectivity index (χ2n) is 3.60. The lowest BCUT2D eigenvalue weighted by Crippen LogP contribution is -2.33. The third kappa shape index (κ3) is 5.09. The van der Waals surface area contributed by atoms with Crippen LogP contribution in [0.1, 0.15) is 0 Å². The van der Waals surface area contributed by atoms with Gasteiger partial charge in [-0.15, -0.1) is 0 Å². The molecule has 0 bridgehead atoms. The molecule has 0 atom stereocenters. The number of benzene rings is 1. The van der Waals surface area contributed by atoms with Gasteiger partial charge in [0.05, 0.1) is 11.5 Å². The van der Waals surface area contributed by atoms with Gasteiger partial charge in [0, 0.05) is 26.7 Å². The molecule has 0 aliphatic heterocycles. The van der Waals surface area contributed by atoms with Gasteiger partial charge < -0.3 is 10.1 Å². The first-order chi connectivity index (χ1) is 8.56. The van der Waals surface area contributed by atoms with Gasteiger partial charge >= 0.3 is 0 Å². The van der Waals surface area contributed by atoms with E-state index in [9.17, 15) is 12.8 Å². The molecule has 0 aliphatic carbocycles. The molecule has 0 amide bonds. The van der Waals surface area contributed by atoms with Crippen molar-refractivity contribution in [1.29, 1.82) is 0 Å². The van der Waals surface area contributed by atoms with Gasteiger partial charge in [0.1, 0.15) is 5.82 Å². The van der Waals surface area contributed by atoms with Crippen LogP contribution in [0.5, 0.6) is 0 Å². The van der Waals surface area contributed by atoms with Gasteiger partial charge in [-0.25, -0.2) is 17.5 Å². The number of halogens is 1. The van der Waals surface area contributed by atoms with E-state index in [2.05, 4.69) is 10.0 Å². The zero-order valence-corrected chi connectivity index (χ0v) is 11.0. The van der Waals surface area contributed by atoms with Gasteiger partial charge in [0.15, 0.2) is 0 Å². The smallest absolute Gasteiger partial charge is 0.240 e. The monoisotopic (exact) mass is 276 g/mol. The van der Waals surface area contributed by atoms with Crippen LogP contribution in [-0.2, 0) is 14.8 Å². The van der Waals surface area contributed by atoms with Crippen molar-refractivity contribution in [3.05, 3.63) is 30.1 Å². The molecule has 0 radical (unpaired) electrons. The van der Waals surface area contributed by atoms with Crippen LogP contribution in [0, 0.1) is 5.82 Å². The van der Waals surface area contributed by atoms with E-state index in [1.807, 2.05) is 0 Å². The molecule has 1 aromatic rings. The molecule has 0 spiro atoms. The average Bonchev–Trinajstić information content (AvgIpc) is 2.33. The van der Waals surface area contributed by atoms with E-state index >= 15 is 0 Å². The largest absolute Gasteiger partial charge is 0.383 e. The molecule has 1 aromatic carbocycles. The van der Waals surface area contributed by atoms with Gasteiger partial charge in [-0.05, 0) is 18.2 Å². The Morgan fingerprint density at radius 3 is 2.72 bits per heavy atom. The molecule has 2 N–H and O–H groups in total. The SMILES string of the molecule is COCCNCCNS(=O)(=O)c1cccc(F)c1. The summed E-state index contributed by atoms with van der Waals surface area (Å²) in [5.74, 6) is -0.573. The van der Waals surface area contributed by atoms with Gasteiger partial charge in [-0.3, -0.25) is 0 Å². The quantitative estimate of drug-likeness (QED) is 0.672. The summed E-state index contributed by atoms with van der Waals surface area (Å²) in [4.78, 5) is -0.0700. The Hall–Kier alpha value is -1.02. The average molecular weight is 276 g/mol. The predicted molar refractivity (Wildman–Crippen MR) is 66.3 cm³/mol. The minimum absolute atomic E-state index is 0.0700. The van der Waals surface area contributed by atoms with Crippen LogP contribution in [0.4, 0.5) is 4.39 Å². The third-order valence-corrected chi connectivity index (χ3v) is 3.64. The van der Waals surface area contributed by atoms with Crippen molar-refractivity contribution in [3.8, 4) is 0 Å². The van der Waals surface area contributed by atoms with Crippen molar-refractivity contribution in [2.75, 3.05) is 33.4 Å². The van der Waals surface area contributed by atoms with Crippen LogP contribution < -0.4 is 10.0 Å². The van der Waals surface area contributed by atoms with Crippen molar-refractivity contribution in [2.45, 2.75) is 4.90 Å². The normalized spacial score (nSPS) is 11.7. The van der Waals surface area contributed by atoms with E-state index in [-0.39, 0.29) is 11.4 Å². The summed E-state index contributed by atoms with van der Waals surface area (Å²) in [5.41, 5.74) is 0. The number of sulfonamides is 1. The first-order valence-corrected chi connectivity index (χ1v) is 6.99. The number of hydrogen-bond donors (Lipinski definition) is 2. The molecule has 0 heterocycles. The third-order valence-electron chi connectivity index (χ3n) is 2.18. The van der Waals surface area contributed by atoms with Crippen molar-refractivity contribution in [2.24, 2.45) is 0 Å². The summed E-state index contributed by atoms with van der Waals surface area (Å²) < 4.78 is 43.6.